The van der Waals surface area contributed by atoms with Crippen LogP contribution in [-0.4, -0.2) is 61.9 Å². The van der Waals surface area contributed by atoms with Gasteiger partial charge in [-0.25, -0.2) is 4.98 Å². The van der Waals surface area contributed by atoms with Crippen molar-refractivity contribution in [1.29, 1.82) is 0 Å². The first kappa shape index (κ1) is 24.3. The van der Waals surface area contributed by atoms with Gasteiger partial charge in [0.2, 0.25) is 11.7 Å². The number of nitrogens with one attached hydrogen (secondary N) is 2. The van der Waals surface area contributed by atoms with E-state index in [-0.39, 0.29) is 23.6 Å². The Balaban J connectivity index is 1.39. The highest BCUT2D eigenvalue weighted by Crippen LogP contribution is 2.27. The smallest absolute Gasteiger partial charge is 0.270 e. The van der Waals surface area contributed by atoms with E-state index < -0.39 is 6.61 Å². The minimum atomic E-state index is -0.498. The summed E-state index contributed by atoms with van der Waals surface area (Å²) in [5.41, 5.74) is 2.52. The number of carbonyl (C=O) groups is 2. The molecule has 1 saturated carbocycles. The zero-order valence-corrected chi connectivity index (χ0v) is 19.8. The highest BCUT2D eigenvalue weighted by Gasteiger charge is 2.27. The van der Waals surface area contributed by atoms with Crippen LogP contribution in [0.15, 0.2) is 36.4 Å². The SMILES string of the molecule is COc1cccc(CNC(=O)c2cc(-c3nnn(C[C@H]4CC[C@@H](NC(=O)CO)C4)n3)cc(C)n2)c1. The molecule has 2 amide bonds. The predicted octanol–water partition coefficient (Wildman–Crippen LogP) is 1.26. The van der Waals surface area contributed by atoms with Crippen molar-refractivity contribution in [1.82, 2.24) is 35.8 Å². The van der Waals surface area contributed by atoms with E-state index in [2.05, 4.69) is 31.0 Å². The van der Waals surface area contributed by atoms with E-state index in [0.717, 1.165) is 30.6 Å². The second-order valence-corrected chi connectivity index (χ2v) is 8.69. The molecule has 1 aliphatic rings. The number of carbonyl (C=O) groups excluding carboxylic acids is 2. The lowest BCUT2D eigenvalue weighted by atomic mass is 10.1. The van der Waals surface area contributed by atoms with Gasteiger partial charge in [-0.1, -0.05) is 12.1 Å². The fourth-order valence-corrected chi connectivity index (χ4v) is 4.28. The Kier molecular flexibility index (Phi) is 7.66. The maximum Gasteiger partial charge on any atom is 0.270 e. The number of aliphatic hydroxyl groups is 1. The summed E-state index contributed by atoms with van der Waals surface area (Å²) in [6.45, 7) is 2.24. The quantitative estimate of drug-likeness (QED) is 0.416. The number of aryl methyl sites for hydroxylation is 1. The molecule has 0 aliphatic heterocycles. The molecular formula is C24H29N7O4. The molecule has 2 aromatic heterocycles. The van der Waals surface area contributed by atoms with Gasteiger partial charge >= 0.3 is 0 Å². The molecule has 0 saturated heterocycles. The average molecular weight is 480 g/mol. The van der Waals surface area contributed by atoms with Gasteiger partial charge in [-0.2, -0.15) is 4.80 Å². The first-order valence-electron chi connectivity index (χ1n) is 11.5. The van der Waals surface area contributed by atoms with Crippen molar-refractivity contribution in [2.24, 2.45) is 5.92 Å². The number of rotatable bonds is 9. The van der Waals surface area contributed by atoms with Gasteiger partial charge in [0.15, 0.2) is 0 Å². The normalized spacial score (nSPS) is 17.2. The molecule has 184 valence electrons. The summed E-state index contributed by atoms with van der Waals surface area (Å²) in [6, 6.07) is 11.0. The molecule has 3 N–H and O–H groups in total. The van der Waals surface area contributed by atoms with Crippen molar-refractivity contribution >= 4 is 11.8 Å². The second-order valence-electron chi connectivity index (χ2n) is 8.69. The molecule has 4 rings (SSSR count). The summed E-state index contributed by atoms with van der Waals surface area (Å²) < 4.78 is 5.22. The van der Waals surface area contributed by atoms with Gasteiger partial charge < -0.3 is 20.5 Å². The molecule has 11 nitrogen and oxygen atoms in total. The summed E-state index contributed by atoms with van der Waals surface area (Å²) >= 11 is 0. The van der Waals surface area contributed by atoms with Gasteiger partial charge in [-0.05, 0) is 67.1 Å². The maximum absolute atomic E-state index is 12.8. The number of tetrazole rings is 1. The lowest BCUT2D eigenvalue weighted by molar-refractivity contribution is -0.124. The van der Waals surface area contributed by atoms with Gasteiger partial charge in [-0.15, -0.1) is 10.2 Å². The molecule has 0 spiro atoms. The van der Waals surface area contributed by atoms with E-state index in [1.54, 1.807) is 18.0 Å². The van der Waals surface area contributed by atoms with Gasteiger partial charge in [0.25, 0.3) is 5.91 Å². The van der Waals surface area contributed by atoms with Gasteiger partial charge in [0.05, 0.1) is 13.7 Å². The Morgan fingerprint density at radius 2 is 2.09 bits per heavy atom. The van der Waals surface area contributed by atoms with Gasteiger partial charge in [0.1, 0.15) is 18.1 Å². The highest BCUT2D eigenvalue weighted by atomic mass is 16.5. The first-order chi connectivity index (χ1) is 16.9. The van der Waals surface area contributed by atoms with Crippen molar-refractivity contribution in [2.45, 2.75) is 45.3 Å². The fraction of sp³-hybridized carbons (Fsp3) is 0.417. The van der Waals surface area contributed by atoms with E-state index in [1.807, 2.05) is 37.3 Å². The molecule has 0 radical (unpaired) electrons. The third kappa shape index (κ3) is 6.38. The Labute approximate surface area is 202 Å². The van der Waals surface area contributed by atoms with Crippen LogP contribution in [0.5, 0.6) is 5.75 Å². The molecule has 3 aromatic rings. The Bertz CT molecular complexity index is 1200. The number of hydrogen-bond donors (Lipinski definition) is 3. The van der Waals surface area contributed by atoms with E-state index in [1.165, 1.54) is 0 Å². The molecule has 1 aromatic carbocycles. The molecule has 2 heterocycles. The summed E-state index contributed by atoms with van der Waals surface area (Å²) in [6.07, 6.45) is 2.59. The third-order valence-electron chi connectivity index (χ3n) is 5.96. The number of aromatic nitrogens is 5. The van der Waals surface area contributed by atoms with Crippen LogP contribution in [0.3, 0.4) is 0 Å². The Hall–Kier alpha value is -3.86. The minimum Gasteiger partial charge on any atom is -0.497 e. The summed E-state index contributed by atoms with van der Waals surface area (Å²) in [5.74, 6) is 0.795. The Morgan fingerprint density at radius 3 is 2.89 bits per heavy atom. The largest absolute Gasteiger partial charge is 0.497 e. The van der Waals surface area contributed by atoms with Crippen LogP contribution < -0.4 is 15.4 Å². The average Bonchev–Trinajstić information content (AvgIpc) is 3.52. The standard InChI is InChI=1S/C24H29N7O4/c1-15-8-18(11-21(26-15)24(34)25-12-16-4-3-5-20(10-16)35-2)23-28-30-31(29-23)13-17-6-7-19(9-17)27-22(33)14-32/h3-5,8,10-11,17,19,32H,6-7,9,12-14H2,1-2H3,(H,25,34)(H,27,33)/t17-,19+/m0/s1. The van der Waals surface area contributed by atoms with Crippen molar-refractivity contribution in [2.75, 3.05) is 13.7 Å². The molecule has 2 atom stereocenters. The van der Waals surface area contributed by atoms with Crippen LogP contribution in [0, 0.1) is 12.8 Å². The molecule has 35 heavy (non-hydrogen) atoms. The molecule has 1 aliphatic carbocycles. The van der Waals surface area contributed by atoms with Crippen LogP contribution in [0.25, 0.3) is 11.4 Å². The van der Waals surface area contributed by atoms with Crippen LogP contribution in [-0.2, 0) is 17.9 Å². The minimum absolute atomic E-state index is 0.0588. The number of amides is 2. The predicted molar refractivity (Wildman–Crippen MR) is 126 cm³/mol. The number of pyridine rings is 1. The van der Waals surface area contributed by atoms with Crippen LogP contribution in [0.2, 0.25) is 0 Å². The van der Waals surface area contributed by atoms with Crippen molar-refractivity contribution in [3.8, 4) is 17.1 Å². The number of ether oxygens (including phenoxy) is 1. The van der Waals surface area contributed by atoms with Gasteiger partial charge in [-0.3, -0.25) is 9.59 Å². The maximum atomic E-state index is 12.8. The number of methoxy groups -OCH3 is 1. The monoisotopic (exact) mass is 479 g/mol. The number of benzene rings is 1. The van der Waals surface area contributed by atoms with E-state index in [0.29, 0.717) is 36.1 Å². The zero-order chi connectivity index (χ0) is 24.8. The Morgan fingerprint density at radius 1 is 1.23 bits per heavy atom. The van der Waals surface area contributed by atoms with Crippen molar-refractivity contribution in [3.63, 3.8) is 0 Å². The van der Waals surface area contributed by atoms with E-state index in [4.69, 9.17) is 9.84 Å². The topological polar surface area (TPSA) is 144 Å². The molecule has 11 heteroatoms. The second kappa shape index (κ2) is 11.0. The molecule has 0 bridgehead atoms. The number of aliphatic hydroxyl groups excluding tert-OH is 1. The number of hydrogen-bond acceptors (Lipinski definition) is 8. The summed E-state index contributed by atoms with van der Waals surface area (Å²) in [7, 11) is 1.60. The third-order valence-corrected chi connectivity index (χ3v) is 5.96. The zero-order valence-electron chi connectivity index (χ0n) is 19.8. The number of nitrogens with zero attached hydrogens (tertiary/aromatic N) is 5. The lowest BCUT2D eigenvalue weighted by Gasteiger charge is -2.12. The van der Waals surface area contributed by atoms with E-state index >= 15 is 0 Å². The fourth-order valence-electron chi connectivity index (χ4n) is 4.28. The lowest BCUT2D eigenvalue weighted by Crippen LogP contribution is -2.35. The van der Waals surface area contributed by atoms with Crippen LogP contribution in [0.1, 0.15) is 41.0 Å². The summed E-state index contributed by atoms with van der Waals surface area (Å²) in [5, 5.41) is 27.4. The van der Waals surface area contributed by atoms with Crippen LogP contribution in [0.4, 0.5) is 0 Å². The first-order valence-corrected chi connectivity index (χ1v) is 11.5. The van der Waals surface area contributed by atoms with Crippen molar-refractivity contribution < 1.29 is 19.4 Å². The molecule has 0 unspecified atom stereocenters. The highest BCUT2D eigenvalue weighted by molar-refractivity contribution is 5.93. The van der Waals surface area contributed by atoms with E-state index in [9.17, 15) is 9.59 Å². The molecular weight excluding hydrogens is 450 g/mol. The summed E-state index contributed by atoms with van der Waals surface area (Å²) in [4.78, 5) is 30.1. The van der Waals surface area contributed by atoms with Crippen molar-refractivity contribution in [3.05, 3.63) is 53.3 Å². The van der Waals surface area contributed by atoms with Gasteiger partial charge in [0, 0.05) is 23.8 Å². The van der Waals surface area contributed by atoms with Crippen LogP contribution >= 0.6 is 0 Å². The molecule has 1 fully saturated rings.